The van der Waals surface area contributed by atoms with Crippen LogP contribution in [0.4, 0.5) is 5.69 Å². The molecule has 0 bridgehead atoms. The summed E-state index contributed by atoms with van der Waals surface area (Å²) in [5.74, 6) is 0. The second kappa shape index (κ2) is 8.08. The van der Waals surface area contributed by atoms with Crippen LogP contribution in [0.25, 0.3) is 0 Å². The topological polar surface area (TPSA) is 37.6 Å². The van der Waals surface area contributed by atoms with E-state index >= 15 is 0 Å². The van der Waals surface area contributed by atoms with Gasteiger partial charge in [-0.1, -0.05) is 17.7 Å². The van der Waals surface area contributed by atoms with Crippen LogP contribution in [0.5, 0.6) is 0 Å². The second-order valence-corrected chi connectivity index (χ2v) is 5.37. The number of benzene rings is 1. The maximum Gasteiger partial charge on any atom is 0.0952 e. The summed E-state index contributed by atoms with van der Waals surface area (Å²) in [6.45, 7) is 3.09. The minimum atomic E-state index is 0.702. The number of nitrogens with zero attached hydrogens (tertiary/aromatic N) is 1. The predicted octanol–water partition coefficient (Wildman–Crippen LogP) is 3.31. The number of anilines is 1. The Hall–Kier alpha value is -1.49. The van der Waals surface area contributed by atoms with Gasteiger partial charge in [0.15, 0.2) is 0 Å². The summed E-state index contributed by atoms with van der Waals surface area (Å²) in [7, 11) is 3.76. The number of hydrogen-bond donors (Lipinski definition) is 1. The first-order chi connectivity index (χ1) is 10.2. The van der Waals surface area contributed by atoms with Gasteiger partial charge < -0.3 is 19.4 Å². The molecule has 1 aromatic carbocycles. The van der Waals surface area contributed by atoms with Crippen LogP contribution in [0.3, 0.4) is 0 Å². The molecule has 1 heterocycles. The first-order valence-corrected chi connectivity index (χ1v) is 7.29. The largest absolute Gasteiger partial charge is 0.472 e. The molecule has 114 valence electrons. The van der Waals surface area contributed by atoms with Crippen molar-refractivity contribution >= 4 is 17.3 Å². The molecule has 2 rings (SSSR count). The van der Waals surface area contributed by atoms with Gasteiger partial charge in [0.2, 0.25) is 0 Å². The van der Waals surface area contributed by atoms with Crippen LogP contribution in [0.1, 0.15) is 11.1 Å². The Balaban J connectivity index is 2.06. The first kappa shape index (κ1) is 15.9. The van der Waals surface area contributed by atoms with Crippen molar-refractivity contribution in [2.45, 2.75) is 13.1 Å². The highest BCUT2D eigenvalue weighted by Gasteiger charge is 2.09. The zero-order valence-corrected chi connectivity index (χ0v) is 13.2. The van der Waals surface area contributed by atoms with E-state index in [-0.39, 0.29) is 0 Å². The molecule has 0 aliphatic rings. The Labute approximate surface area is 130 Å². The van der Waals surface area contributed by atoms with Gasteiger partial charge in [-0.15, -0.1) is 0 Å². The third-order valence-electron chi connectivity index (χ3n) is 3.26. The fraction of sp³-hybridized carbons (Fsp3) is 0.375. The van der Waals surface area contributed by atoms with Gasteiger partial charge in [-0.3, -0.25) is 0 Å². The van der Waals surface area contributed by atoms with Gasteiger partial charge in [-0.25, -0.2) is 0 Å². The molecule has 1 N–H and O–H groups in total. The molecule has 5 heteroatoms. The monoisotopic (exact) mass is 308 g/mol. The molecule has 21 heavy (non-hydrogen) atoms. The summed E-state index contributed by atoms with van der Waals surface area (Å²) < 4.78 is 10.2. The fourth-order valence-corrected chi connectivity index (χ4v) is 2.35. The molecule has 0 saturated carbocycles. The number of rotatable bonds is 8. The summed E-state index contributed by atoms with van der Waals surface area (Å²) in [5.41, 5.74) is 3.46. The molecule has 0 aliphatic heterocycles. The highest BCUT2D eigenvalue weighted by molar-refractivity contribution is 6.30. The van der Waals surface area contributed by atoms with Crippen LogP contribution >= 0.6 is 11.6 Å². The maximum absolute atomic E-state index is 6.14. The van der Waals surface area contributed by atoms with Gasteiger partial charge in [0, 0.05) is 50.1 Å². The van der Waals surface area contributed by atoms with Gasteiger partial charge in [-0.2, -0.15) is 0 Å². The molecule has 4 nitrogen and oxygen atoms in total. The smallest absolute Gasteiger partial charge is 0.0952 e. The van der Waals surface area contributed by atoms with Crippen molar-refractivity contribution < 1.29 is 9.15 Å². The molecule has 0 unspecified atom stereocenters. The van der Waals surface area contributed by atoms with E-state index < -0.39 is 0 Å². The molecule has 0 amide bonds. The van der Waals surface area contributed by atoms with Crippen molar-refractivity contribution in [1.29, 1.82) is 0 Å². The lowest BCUT2D eigenvalue weighted by atomic mass is 10.1. The van der Waals surface area contributed by atoms with Crippen LogP contribution in [-0.4, -0.2) is 27.3 Å². The van der Waals surface area contributed by atoms with Crippen molar-refractivity contribution in [1.82, 2.24) is 5.32 Å². The van der Waals surface area contributed by atoms with E-state index in [0.29, 0.717) is 6.61 Å². The highest BCUT2D eigenvalue weighted by atomic mass is 35.5. The van der Waals surface area contributed by atoms with E-state index in [4.69, 9.17) is 20.8 Å². The standard InChI is InChI=1S/C16H21ClN2O2/c1-19(11-13-5-7-21-12-13)16-9-15(17)4-3-14(16)10-18-6-8-20-2/h3-5,7,9,12,18H,6,8,10-11H2,1-2H3. The minimum Gasteiger partial charge on any atom is -0.472 e. The zero-order chi connectivity index (χ0) is 15.1. The lowest BCUT2D eigenvalue weighted by Crippen LogP contribution is -2.22. The molecule has 0 atom stereocenters. The zero-order valence-electron chi connectivity index (χ0n) is 12.4. The predicted molar refractivity (Wildman–Crippen MR) is 85.8 cm³/mol. The molecule has 0 aliphatic carbocycles. The average Bonchev–Trinajstić information content (AvgIpc) is 2.97. The summed E-state index contributed by atoms with van der Waals surface area (Å²) in [6, 6.07) is 7.94. The molecular formula is C16H21ClN2O2. The molecule has 0 fully saturated rings. The van der Waals surface area contributed by atoms with Gasteiger partial charge >= 0.3 is 0 Å². The van der Waals surface area contributed by atoms with Gasteiger partial charge in [0.25, 0.3) is 0 Å². The summed E-state index contributed by atoms with van der Waals surface area (Å²) in [4.78, 5) is 2.17. The van der Waals surface area contributed by atoms with E-state index in [0.717, 1.165) is 35.9 Å². The Bertz CT molecular complexity index is 543. The quantitative estimate of drug-likeness (QED) is 0.759. The number of methoxy groups -OCH3 is 1. The van der Waals surface area contributed by atoms with Crippen molar-refractivity contribution in [2.24, 2.45) is 0 Å². The number of hydrogen-bond acceptors (Lipinski definition) is 4. The molecule has 1 aromatic heterocycles. The number of nitrogens with one attached hydrogen (secondary N) is 1. The third kappa shape index (κ3) is 4.77. The van der Waals surface area contributed by atoms with Gasteiger partial charge in [0.1, 0.15) is 0 Å². The second-order valence-electron chi connectivity index (χ2n) is 4.93. The highest BCUT2D eigenvalue weighted by Crippen LogP contribution is 2.25. The number of ether oxygens (including phenoxy) is 1. The Morgan fingerprint density at radius 3 is 2.90 bits per heavy atom. The maximum atomic E-state index is 6.14. The van der Waals surface area contributed by atoms with Crippen molar-refractivity contribution in [3.8, 4) is 0 Å². The summed E-state index contributed by atoms with van der Waals surface area (Å²) in [6.07, 6.45) is 3.45. The van der Waals surface area contributed by atoms with Gasteiger partial charge in [-0.05, 0) is 23.8 Å². The van der Waals surface area contributed by atoms with Crippen molar-refractivity contribution in [2.75, 3.05) is 32.2 Å². The number of halogens is 1. The van der Waals surface area contributed by atoms with E-state index in [1.165, 1.54) is 5.56 Å². The molecule has 0 spiro atoms. The van der Waals surface area contributed by atoms with Crippen LogP contribution in [0, 0.1) is 0 Å². The van der Waals surface area contributed by atoms with Crippen molar-refractivity contribution in [3.63, 3.8) is 0 Å². The van der Waals surface area contributed by atoms with Crippen LogP contribution in [-0.2, 0) is 17.8 Å². The van der Waals surface area contributed by atoms with E-state index in [9.17, 15) is 0 Å². The van der Waals surface area contributed by atoms with Gasteiger partial charge in [0.05, 0.1) is 19.1 Å². The Kier molecular flexibility index (Phi) is 6.11. The first-order valence-electron chi connectivity index (χ1n) is 6.91. The average molecular weight is 309 g/mol. The summed E-state index contributed by atoms with van der Waals surface area (Å²) >= 11 is 6.14. The van der Waals surface area contributed by atoms with Crippen LogP contribution < -0.4 is 10.2 Å². The Morgan fingerprint density at radius 1 is 1.33 bits per heavy atom. The van der Waals surface area contributed by atoms with Crippen LogP contribution in [0.2, 0.25) is 5.02 Å². The molecular weight excluding hydrogens is 288 g/mol. The minimum absolute atomic E-state index is 0.702. The fourth-order valence-electron chi connectivity index (χ4n) is 2.18. The summed E-state index contributed by atoms with van der Waals surface area (Å²) in [5, 5.41) is 4.10. The van der Waals surface area contributed by atoms with E-state index in [2.05, 4.69) is 23.3 Å². The number of furan rings is 1. The molecule has 2 aromatic rings. The molecule has 0 saturated heterocycles. The SMILES string of the molecule is COCCNCc1ccc(Cl)cc1N(C)Cc1ccoc1. The van der Waals surface area contributed by atoms with E-state index in [1.807, 2.05) is 18.2 Å². The van der Waals surface area contributed by atoms with Crippen LogP contribution in [0.15, 0.2) is 41.2 Å². The lowest BCUT2D eigenvalue weighted by Gasteiger charge is -2.22. The lowest BCUT2D eigenvalue weighted by molar-refractivity contribution is 0.199. The third-order valence-corrected chi connectivity index (χ3v) is 3.49. The van der Waals surface area contributed by atoms with E-state index in [1.54, 1.807) is 19.6 Å². The Morgan fingerprint density at radius 2 is 2.19 bits per heavy atom. The normalized spacial score (nSPS) is 10.8. The molecule has 0 radical (unpaired) electrons. The van der Waals surface area contributed by atoms with Crippen molar-refractivity contribution in [3.05, 3.63) is 52.9 Å².